The van der Waals surface area contributed by atoms with Gasteiger partial charge in [0.2, 0.25) is 0 Å². The van der Waals surface area contributed by atoms with E-state index in [1.807, 2.05) is 18.2 Å². The number of anilines is 1. The molecule has 1 N–H and O–H groups in total. The molecule has 0 amide bonds. The summed E-state index contributed by atoms with van der Waals surface area (Å²) in [5.41, 5.74) is 1.02. The minimum absolute atomic E-state index is 0.455. The average molecular weight is 283 g/mol. The first-order chi connectivity index (χ1) is 8.58. The van der Waals surface area contributed by atoms with Crippen LogP contribution in [0.3, 0.4) is 0 Å². The highest BCUT2D eigenvalue weighted by molar-refractivity contribution is 7.22. The van der Waals surface area contributed by atoms with Gasteiger partial charge in [-0.15, -0.1) is 0 Å². The molecule has 0 bridgehead atoms. The van der Waals surface area contributed by atoms with Gasteiger partial charge in [0.1, 0.15) is 0 Å². The fourth-order valence-electron chi connectivity index (χ4n) is 2.00. The Labute approximate surface area is 117 Å². The number of halogens is 1. The van der Waals surface area contributed by atoms with Crippen LogP contribution < -0.4 is 5.32 Å². The Kier molecular flexibility index (Phi) is 4.46. The van der Waals surface area contributed by atoms with Crippen LogP contribution in [-0.4, -0.2) is 11.0 Å². The summed E-state index contributed by atoms with van der Waals surface area (Å²) >= 11 is 7.65. The number of benzene rings is 1. The SMILES string of the molecule is CCC(C)CC(C)Nc1nc2ccc(Cl)cc2s1. The van der Waals surface area contributed by atoms with Crippen molar-refractivity contribution in [2.24, 2.45) is 5.92 Å². The molecule has 2 rings (SSSR count). The summed E-state index contributed by atoms with van der Waals surface area (Å²) in [5.74, 6) is 0.747. The summed E-state index contributed by atoms with van der Waals surface area (Å²) in [4.78, 5) is 4.58. The summed E-state index contributed by atoms with van der Waals surface area (Å²) in [7, 11) is 0. The summed E-state index contributed by atoms with van der Waals surface area (Å²) in [6, 6.07) is 6.28. The lowest BCUT2D eigenvalue weighted by Crippen LogP contribution is -2.17. The summed E-state index contributed by atoms with van der Waals surface area (Å²) in [5, 5.41) is 5.24. The van der Waals surface area contributed by atoms with Gasteiger partial charge in [-0.2, -0.15) is 0 Å². The van der Waals surface area contributed by atoms with Crippen LogP contribution in [0.25, 0.3) is 10.2 Å². The largest absolute Gasteiger partial charge is 0.359 e. The third kappa shape index (κ3) is 3.36. The van der Waals surface area contributed by atoms with Crippen molar-refractivity contribution in [3.8, 4) is 0 Å². The van der Waals surface area contributed by atoms with Crippen molar-refractivity contribution in [2.75, 3.05) is 5.32 Å². The smallest absolute Gasteiger partial charge is 0.183 e. The third-order valence-corrected chi connectivity index (χ3v) is 4.36. The molecule has 4 heteroatoms. The highest BCUT2D eigenvalue weighted by Gasteiger charge is 2.10. The van der Waals surface area contributed by atoms with Crippen molar-refractivity contribution in [1.29, 1.82) is 0 Å². The Hall–Kier alpha value is -0.800. The van der Waals surface area contributed by atoms with E-state index in [1.54, 1.807) is 11.3 Å². The second-order valence-corrected chi connectivity index (χ2v) is 6.39. The second-order valence-electron chi connectivity index (χ2n) is 4.93. The Morgan fingerprint density at radius 1 is 1.39 bits per heavy atom. The van der Waals surface area contributed by atoms with Crippen LogP contribution in [0.15, 0.2) is 18.2 Å². The average Bonchev–Trinajstić information content (AvgIpc) is 2.69. The van der Waals surface area contributed by atoms with E-state index in [1.165, 1.54) is 12.8 Å². The van der Waals surface area contributed by atoms with Crippen molar-refractivity contribution in [2.45, 2.75) is 39.7 Å². The lowest BCUT2D eigenvalue weighted by molar-refractivity contribution is 0.484. The molecule has 0 spiro atoms. The molecule has 0 aliphatic carbocycles. The maximum Gasteiger partial charge on any atom is 0.183 e. The number of rotatable bonds is 5. The van der Waals surface area contributed by atoms with Gasteiger partial charge < -0.3 is 5.32 Å². The zero-order valence-electron chi connectivity index (χ0n) is 11.0. The lowest BCUT2D eigenvalue weighted by Gasteiger charge is -2.16. The molecule has 2 unspecified atom stereocenters. The van der Waals surface area contributed by atoms with Crippen LogP contribution in [0, 0.1) is 5.92 Å². The van der Waals surface area contributed by atoms with E-state index in [0.29, 0.717) is 6.04 Å². The van der Waals surface area contributed by atoms with Gasteiger partial charge in [0.15, 0.2) is 5.13 Å². The molecule has 18 heavy (non-hydrogen) atoms. The van der Waals surface area contributed by atoms with E-state index in [-0.39, 0.29) is 0 Å². The fourth-order valence-corrected chi connectivity index (χ4v) is 3.25. The van der Waals surface area contributed by atoms with Gasteiger partial charge in [-0.1, -0.05) is 43.2 Å². The molecule has 2 aromatic rings. The van der Waals surface area contributed by atoms with Crippen molar-refractivity contribution in [3.05, 3.63) is 23.2 Å². The van der Waals surface area contributed by atoms with Crippen LogP contribution in [0.4, 0.5) is 5.13 Å². The normalized spacial score (nSPS) is 14.7. The molecule has 0 saturated heterocycles. The third-order valence-electron chi connectivity index (χ3n) is 3.17. The van der Waals surface area contributed by atoms with Crippen LogP contribution in [0.1, 0.15) is 33.6 Å². The van der Waals surface area contributed by atoms with Gasteiger partial charge in [0, 0.05) is 11.1 Å². The molecule has 1 heterocycles. The van der Waals surface area contributed by atoms with Gasteiger partial charge in [-0.05, 0) is 37.5 Å². The maximum atomic E-state index is 5.98. The molecular weight excluding hydrogens is 264 g/mol. The molecule has 0 radical (unpaired) electrons. The van der Waals surface area contributed by atoms with Crippen molar-refractivity contribution in [1.82, 2.24) is 4.98 Å². The number of fused-ring (bicyclic) bond motifs is 1. The maximum absolute atomic E-state index is 5.98. The minimum atomic E-state index is 0.455. The first-order valence-corrected chi connectivity index (χ1v) is 7.60. The van der Waals surface area contributed by atoms with Crippen LogP contribution >= 0.6 is 22.9 Å². The zero-order valence-corrected chi connectivity index (χ0v) is 12.6. The van der Waals surface area contributed by atoms with Crippen LogP contribution in [-0.2, 0) is 0 Å². The summed E-state index contributed by atoms with van der Waals surface area (Å²) in [6.45, 7) is 6.73. The zero-order chi connectivity index (χ0) is 13.1. The molecule has 2 nitrogen and oxygen atoms in total. The van der Waals surface area contributed by atoms with E-state index in [4.69, 9.17) is 11.6 Å². The number of nitrogens with one attached hydrogen (secondary N) is 1. The first kappa shape index (κ1) is 13.6. The molecule has 98 valence electrons. The first-order valence-electron chi connectivity index (χ1n) is 6.41. The Bertz CT molecular complexity index is 523. The molecule has 1 aromatic carbocycles. The van der Waals surface area contributed by atoms with Gasteiger partial charge in [-0.3, -0.25) is 0 Å². The molecule has 1 aromatic heterocycles. The Morgan fingerprint density at radius 3 is 2.89 bits per heavy atom. The monoisotopic (exact) mass is 282 g/mol. The van der Waals surface area contributed by atoms with E-state index < -0.39 is 0 Å². The molecule has 0 saturated carbocycles. The van der Waals surface area contributed by atoms with E-state index in [2.05, 4.69) is 31.1 Å². The van der Waals surface area contributed by atoms with E-state index in [0.717, 1.165) is 26.3 Å². The lowest BCUT2D eigenvalue weighted by atomic mass is 10.0. The number of nitrogens with zero attached hydrogens (tertiary/aromatic N) is 1. The second kappa shape index (κ2) is 5.89. The summed E-state index contributed by atoms with van der Waals surface area (Å²) in [6.07, 6.45) is 2.40. The number of hydrogen-bond acceptors (Lipinski definition) is 3. The fraction of sp³-hybridized carbons (Fsp3) is 0.500. The predicted octanol–water partition coefficient (Wildman–Crippen LogP) is 5.19. The topological polar surface area (TPSA) is 24.9 Å². The molecule has 0 aliphatic heterocycles. The van der Waals surface area contributed by atoms with Gasteiger partial charge in [0.25, 0.3) is 0 Å². The summed E-state index contributed by atoms with van der Waals surface area (Å²) < 4.78 is 1.14. The van der Waals surface area contributed by atoms with Gasteiger partial charge >= 0.3 is 0 Å². The molecule has 2 atom stereocenters. The van der Waals surface area contributed by atoms with Gasteiger partial charge in [0.05, 0.1) is 10.2 Å². The van der Waals surface area contributed by atoms with Crippen molar-refractivity contribution in [3.63, 3.8) is 0 Å². The standard InChI is InChI=1S/C14H19ClN2S/c1-4-9(2)7-10(3)16-14-17-12-6-5-11(15)8-13(12)18-14/h5-6,8-10H,4,7H2,1-3H3,(H,16,17). The minimum Gasteiger partial charge on any atom is -0.359 e. The van der Waals surface area contributed by atoms with Crippen LogP contribution in [0.2, 0.25) is 5.02 Å². The van der Waals surface area contributed by atoms with E-state index in [9.17, 15) is 0 Å². The van der Waals surface area contributed by atoms with Crippen molar-refractivity contribution < 1.29 is 0 Å². The highest BCUT2D eigenvalue weighted by atomic mass is 35.5. The molecular formula is C14H19ClN2S. The highest BCUT2D eigenvalue weighted by Crippen LogP contribution is 2.29. The van der Waals surface area contributed by atoms with Crippen molar-refractivity contribution >= 4 is 38.3 Å². The number of aromatic nitrogens is 1. The van der Waals surface area contributed by atoms with E-state index >= 15 is 0 Å². The molecule has 0 fully saturated rings. The quantitative estimate of drug-likeness (QED) is 0.817. The molecule has 0 aliphatic rings. The number of thiazole rings is 1. The Morgan fingerprint density at radius 2 is 2.17 bits per heavy atom. The Balaban J connectivity index is 2.07. The van der Waals surface area contributed by atoms with Crippen LogP contribution in [0.5, 0.6) is 0 Å². The number of hydrogen-bond donors (Lipinski definition) is 1. The predicted molar refractivity (Wildman–Crippen MR) is 81.8 cm³/mol. The van der Waals surface area contributed by atoms with Gasteiger partial charge in [-0.25, -0.2) is 4.98 Å².